The van der Waals surface area contributed by atoms with E-state index in [1.54, 1.807) is 24.4 Å². The molecule has 0 aliphatic carbocycles. The molecule has 0 atom stereocenters. The number of amides is 1. The normalized spacial score (nSPS) is 10.5. The minimum absolute atomic E-state index is 0.0243. The van der Waals surface area contributed by atoms with Gasteiger partial charge >= 0.3 is 0 Å². The molecule has 0 unspecified atom stereocenters. The van der Waals surface area contributed by atoms with Crippen molar-refractivity contribution in [1.82, 2.24) is 14.9 Å². The van der Waals surface area contributed by atoms with Gasteiger partial charge in [-0.05, 0) is 24.6 Å². The molecule has 7 nitrogen and oxygen atoms in total. The van der Waals surface area contributed by atoms with E-state index in [-0.39, 0.29) is 18.0 Å². The predicted octanol–water partition coefficient (Wildman–Crippen LogP) is 2.95. The Labute approximate surface area is 150 Å². The summed E-state index contributed by atoms with van der Waals surface area (Å²) in [5.41, 5.74) is 2.31. The topological polar surface area (TPSA) is 90.1 Å². The third-order valence-electron chi connectivity index (χ3n) is 4.07. The number of nitrogens with one attached hydrogen (secondary N) is 1. The monoisotopic (exact) mass is 350 g/mol. The van der Waals surface area contributed by atoms with Crippen LogP contribution in [0, 0.1) is 17.0 Å². The highest BCUT2D eigenvalue weighted by atomic mass is 16.6. The number of imidazole rings is 1. The van der Waals surface area contributed by atoms with Crippen LogP contribution in [0.1, 0.15) is 17.0 Å². The fourth-order valence-electron chi connectivity index (χ4n) is 2.70. The largest absolute Gasteiger partial charge is 0.352 e. The van der Waals surface area contributed by atoms with Crippen molar-refractivity contribution >= 4 is 11.6 Å². The summed E-state index contributed by atoms with van der Waals surface area (Å²) in [5.74, 6) is 0.643. The number of hydrogen-bond acceptors (Lipinski definition) is 4. The van der Waals surface area contributed by atoms with Crippen LogP contribution in [0.4, 0.5) is 5.69 Å². The first-order valence-electron chi connectivity index (χ1n) is 8.13. The van der Waals surface area contributed by atoms with Crippen LogP contribution in [0.3, 0.4) is 0 Å². The Balaban J connectivity index is 1.60. The number of carbonyl (C=O) groups is 1. The fraction of sp³-hybridized carbons (Fsp3) is 0.158. The lowest BCUT2D eigenvalue weighted by atomic mass is 10.1. The molecule has 7 heteroatoms. The molecule has 1 heterocycles. The number of benzene rings is 2. The predicted molar refractivity (Wildman–Crippen MR) is 96.9 cm³/mol. The number of aryl methyl sites for hydroxylation is 1. The zero-order valence-corrected chi connectivity index (χ0v) is 14.3. The van der Waals surface area contributed by atoms with E-state index in [4.69, 9.17) is 0 Å². The van der Waals surface area contributed by atoms with E-state index in [2.05, 4.69) is 10.3 Å². The van der Waals surface area contributed by atoms with Gasteiger partial charge in [-0.2, -0.15) is 0 Å². The molecule has 3 rings (SSSR count). The molecule has 3 aromatic rings. The summed E-state index contributed by atoms with van der Waals surface area (Å²) in [7, 11) is 0. The molecule has 0 aliphatic rings. The van der Waals surface area contributed by atoms with E-state index in [1.165, 1.54) is 6.07 Å². The number of nitro benzene ring substituents is 1. The lowest BCUT2D eigenvalue weighted by Gasteiger charge is -2.08. The van der Waals surface area contributed by atoms with Crippen LogP contribution in [0.2, 0.25) is 0 Å². The second kappa shape index (κ2) is 7.60. The summed E-state index contributed by atoms with van der Waals surface area (Å²) < 4.78 is 1.97. The molecule has 0 saturated heterocycles. The molecule has 1 aromatic heterocycles. The summed E-state index contributed by atoms with van der Waals surface area (Å²) in [6.45, 7) is 2.29. The Morgan fingerprint density at radius 1 is 1.19 bits per heavy atom. The molecule has 1 N–H and O–H groups in total. The van der Waals surface area contributed by atoms with E-state index < -0.39 is 4.92 Å². The molecule has 1 amide bonds. The van der Waals surface area contributed by atoms with Gasteiger partial charge in [-0.15, -0.1) is 0 Å². The second-order valence-electron chi connectivity index (χ2n) is 5.85. The van der Waals surface area contributed by atoms with Gasteiger partial charge in [0.2, 0.25) is 5.91 Å². The zero-order chi connectivity index (χ0) is 18.5. The number of carbonyl (C=O) groups excluding carboxylic acids is 1. The quantitative estimate of drug-likeness (QED) is 0.547. The van der Waals surface area contributed by atoms with Crippen LogP contribution >= 0.6 is 0 Å². The Kier molecular flexibility index (Phi) is 5.07. The van der Waals surface area contributed by atoms with Crippen molar-refractivity contribution in [3.05, 3.63) is 88.0 Å². The van der Waals surface area contributed by atoms with Crippen LogP contribution in [0.5, 0.6) is 0 Å². The molecule has 0 saturated carbocycles. The number of rotatable bonds is 6. The minimum atomic E-state index is -0.473. The maximum absolute atomic E-state index is 12.1. The lowest BCUT2D eigenvalue weighted by molar-refractivity contribution is -0.385. The zero-order valence-electron chi connectivity index (χ0n) is 14.3. The maximum Gasteiger partial charge on any atom is 0.273 e. The van der Waals surface area contributed by atoms with E-state index in [9.17, 15) is 14.9 Å². The molecular weight excluding hydrogens is 332 g/mol. The highest BCUT2D eigenvalue weighted by Crippen LogP contribution is 2.18. The van der Waals surface area contributed by atoms with E-state index in [1.807, 2.05) is 42.0 Å². The van der Waals surface area contributed by atoms with Gasteiger partial charge in [0.25, 0.3) is 5.69 Å². The molecule has 0 spiro atoms. The first-order valence-corrected chi connectivity index (χ1v) is 8.13. The van der Waals surface area contributed by atoms with E-state index in [0.29, 0.717) is 12.1 Å². The molecule has 0 bridgehead atoms. The summed E-state index contributed by atoms with van der Waals surface area (Å²) in [5, 5.41) is 13.8. The van der Waals surface area contributed by atoms with Gasteiger partial charge in [-0.3, -0.25) is 14.9 Å². The van der Waals surface area contributed by atoms with Gasteiger partial charge in [0.15, 0.2) is 0 Å². The third-order valence-corrected chi connectivity index (χ3v) is 4.07. The van der Waals surface area contributed by atoms with Crippen LogP contribution in [0.25, 0.3) is 5.69 Å². The van der Waals surface area contributed by atoms with Crippen LogP contribution < -0.4 is 5.32 Å². The van der Waals surface area contributed by atoms with Gasteiger partial charge in [-0.1, -0.05) is 30.3 Å². The molecule has 26 heavy (non-hydrogen) atoms. The van der Waals surface area contributed by atoms with Gasteiger partial charge in [0, 0.05) is 36.3 Å². The summed E-state index contributed by atoms with van der Waals surface area (Å²) in [6.07, 6.45) is 3.61. The average molecular weight is 350 g/mol. The summed E-state index contributed by atoms with van der Waals surface area (Å²) in [6, 6.07) is 14.0. The molecular formula is C19H18N4O3. The van der Waals surface area contributed by atoms with Crippen molar-refractivity contribution in [3.8, 4) is 5.69 Å². The van der Waals surface area contributed by atoms with Gasteiger partial charge in [0.1, 0.15) is 5.82 Å². The SMILES string of the molecule is Cc1nccn1-c1ccc(CNC(=O)Cc2ccccc2[N+](=O)[O-])cc1. The molecule has 0 radical (unpaired) electrons. The lowest BCUT2D eigenvalue weighted by Crippen LogP contribution is -2.24. The van der Waals surface area contributed by atoms with Crippen molar-refractivity contribution in [3.63, 3.8) is 0 Å². The number of nitro groups is 1. The Morgan fingerprint density at radius 2 is 1.92 bits per heavy atom. The Bertz CT molecular complexity index is 932. The van der Waals surface area contributed by atoms with Gasteiger partial charge in [-0.25, -0.2) is 4.98 Å². The molecule has 2 aromatic carbocycles. The van der Waals surface area contributed by atoms with E-state index >= 15 is 0 Å². The minimum Gasteiger partial charge on any atom is -0.352 e. The van der Waals surface area contributed by atoms with E-state index in [0.717, 1.165) is 17.1 Å². The Hall–Kier alpha value is -3.48. The van der Waals surface area contributed by atoms with Crippen LogP contribution in [-0.4, -0.2) is 20.4 Å². The molecule has 0 fully saturated rings. The standard InChI is InChI=1S/C19H18N4O3/c1-14-20-10-11-22(14)17-8-6-15(7-9-17)13-21-19(24)12-16-4-2-3-5-18(16)23(25)26/h2-11H,12-13H2,1H3,(H,21,24). The van der Waals surface area contributed by atoms with Crippen LogP contribution in [-0.2, 0) is 17.8 Å². The fourth-order valence-corrected chi connectivity index (χ4v) is 2.70. The molecule has 0 aliphatic heterocycles. The first-order chi connectivity index (χ1) is 12.5. The van der Waals surface area contributed by atoms with Crippen LogP contribution in [0.15, 0.2) is 60.9 Å². The number of aromatic nitrogens is 2. The van der Waals surface area contributed by atoms with Crippen molar-refractivity contribution in [1.29, 1.82) is 0 Å². The maximum atomic E-state index is 12.1. The van der Waals surface area contributed by atoms with Crippen molar-refractivity contribution in [2.75, 3.05) is 0 Å². The first kappa shape index (κ1) is 17.3. The number of hydrogen-bond donors (Lipinski definition) is 1. The third kappa shape index (κ3) is 3.94. The summed E-state index contributed by atoms with van der Waals surface area (Å²) >= 11 is 0. The number of nitrogens with zero attached hydrogens (tertiary/aromatic N) is 3. The average Bonchev–Trinajstić information content (AvgIpc) is 3.07. The second-order valence-corrected chi connectivity index (χ2v) is 5.85. The summed E-state index contributed by atoms with van der Waals surface area (Å²) in [4.78, 5) is 26.8. The Morgan fingerprint density at radius 3 is 2.58 bits per heavy atom. The van der Waals surface area contributed by atoms with Gasteiger partial charge in [0.05, 0.1) is 11.3 Å². The highest BCUT2D eigenvalue weighted by Gasteiger charge is 2.15. The van der Waals surface area contributed by atoms with Crippen molar-refractivity contribution < 1.29 is 9.72 Å². The van der Waals surface area contributed by atoms with Crippen molar-refractivity contribution in [2.45, 2.75) is 19.9 Å². The van der Waals surface area contributed by atoms with Gasteiger partial charge < -0.3 is 9.88 Å². The molecule has 132 valence electrons. The number of para-hydroxylation sites is 1. The highest BCUT2D eigenvalue weighted by molar-refractivity contribution is 5.79. The van der Waals surface area contributed by atoms with Crippen molar-refractivity contribution in [2.24, 2.45) is 0 Å². The smallest absolute Gasteiger partial charge is 0.273 e.